The highest BCUT2D eigenvalue weighted by Gasteiger charge is 2.64. The van der Waals surface area contributed by atoms with Gasteiger partial charge in [-0.3, -0.25) is 4.79 Å². The van der Waals surface area contributed by atoms with E-state index in [1.54, 1.807) is 31.4 Å². The minimum atomic E-state index is -5.09. The maximum absolute atomic E-state index is 14.6. The van der Waals surface area contributed by atoms with Crippen molar-refractivity contribution in [3.05, 3.63) is 78.4 Å². The minimum Gasteiger partial charge on any atom is -0.465 e. The Morgan fingerprint density at radius 1 is 0.848 bits per heavy atom. The predicted molar refractivity (Wildman–Crippen MR) is 169 cm³/mol. The summed E-state index contributed by atoms with van der Waals surface area (Å²) < 4.78 is 70.7. The Bertz CT molecular complexity index is 1270. The lowest BCUT2D eigenvalue weighted by Crippen LogP contribution is -2.56. The van der Waals surface area contributed by atoms with Gasteiger partial charge in [-0.2, -0.15) is 13.2 Å². The topological polar surface area (TPSA) is 80.3 Å². The van der Waals surface area contributed by atoms with Crippen LogP contribution in [-0.4, -0.2) is 56.9 Å². The van der Waals surface area contributed by atoms with Gasteiger partial charge in [0.25, 0.3) is 0 Å². The van der Waals surface area contributed by atoms with Gasteiger partial charge in [-0.25, -0.2) is 4.79 Å². The molecule has 0 spiro atoms. The number of hydrogen-bond donors (Lipinski definition) is 0. The third-order valence-corrected chi connectivity index (χ3v) is 7.69. The average Bonchev–Trinajstić information content (AvgIpc) is 3.05. The molecule has 1 aliphatic rings. The first-order chi connectivity index (χ1) is 22.1. The summed E-state index contributed by atoms with van der Waals surface area (Å²) in [6, 6.07) is 13.3. The number of unbranched alkanes of at least 4 members (excludes halogenated alkanes) is 5. The Hall–Kier alpha value is -3.63. The largest absolute Gasteiger partial charge is 0.465 e. The molecule has 46 heavy (non-hydrogen) atoms. The first kappa shape index (κ1) is 36.8. The van der Waals surface area contributed by atoms with E-state index in [9.17, 15) is 22.8 Å². The molecular formula is C36H45F3O7. The second kappa shape index (κ2) is 18.5. The summed E-state index contributed by atoms with van der Waals surface area (Å²) in [5.41, 5.74) is -1.75. The van der Waals surface area contributed by atoms with Crippen LogP contribution in [-0.2, 0) is 23.7 Å². The summed E-state index contributed by atoms with van der Waals surface area (Å²) in [4.78, 5) is 26.0. The Morgan fingerprint density at radius 3 is 2.11 bits per heavy atom. The molecule has 0 amide bonds. The van der Waals surface area contributed by atoms with Gasteiger partial charge in [-0.15, -0.1) is 0 Å². The Labute approximate surface area is 269 Å². The highest BCUT2D eigenvalue weighted by Crippen LogP contribution is 2.44. The fourth-order valence-electron chi connectivity index (χ4n) is 5.04. The molecule has 252 valence electrons. The van der Waals surface area contributed by atoms with Crippen LogP contribution in [0.4, 0.5) is 13.2 Å². The van der Waals surface area contributed by atoms with Gasteiger partial charge in [0.1, 0.15) is 11.7 Å². The molecule has 0 radical (unpaired) electrons. The number of carbonyl (C=O) groups is 2. The van der Waals surface area contributed by atoms with E-state index in [0.717, 1.165) is 68.2 Å². The number of allylic oxidation sites excluding steroid dienone is 2. The summed E-state index contributed by atoms with van der Waals surface area (Å²) in [7, 11) is 1.61. The van der Waals surface area contributed by atoms with Crippen molar-refractivity contribution in [2.75, 3.05) is 26.9 Å². The van der Waals surface area contributed by atoms with Gasteiger partial charge in [-0.05, 0) is 74.1 Å². The number of ether oxygens (including phenoxy) is 5. The molecule has 3 atom stereocenters. The van der Waals surface area contributed by atoms with Gasteiger partial charge in [0, 0.05) is 26.7 Å². The van der Waals surface area contributed by atoms with E-state index >= 15 is 0 Å². The lowest BCUT2D eigenvalue weighted by molar-refractivity contribution is -0.254. The summed E-state index contributed by atoms with van der Waals surface area (Å²) in [5, 5.41) is 0. The average molecular weight is 647 g/mol. The van der Waals surface area contributed by atoms with E-state index in [0.29, 0.717) is 31.5 Å². The number of rotatable bonds is 19. The van der Waals surface area contributed by atoms with Crippen LogP contribution in [0.15, 0.2) is 72.8 Å². The molecule has 0 N–H and O–H groups in total. The Morgan fingerprint density at radius 2 is 1.50 bits per heavy atom. The molecule has 0 fully saturated rings. The van der Waals surface area contributed by atoms with Crippen molar-refractivity contribution in [3.63, 3.8) is 0 Å². The molecule has 0 bridgehead atoms. The van der Waals surface area contributed by atoms with E-state index in [2.05, 4.69) is 6.92 Å². The van der Waals surface area contributed by atoms with E-state index in [4.69, 9.17) is 23.7 Å². The van der Waals surface area contributed by atoms with Crippen LogP contribution < -0.4 is 4.74 Å². The SMILES string of the molecule is CCCCCC(OC)Oc1ccc(-c2ccc(C(=O)OC3(C(F)(F)F)C=CC=CC3C(=O)OCCCCCCOCC)cc2)cc1. The number of esters is 2. The fraction of sp³-hybridized carbons (Fsp3) is 0.500. The fourth-order valence-corrected chi connectivity index (χ4v) is 5.04. The van der Waals surface area contributed by atoms with E-state index in [-0.39, 0.29) is 18.5 Å². The van der Waals surface area contributed by atoms with Crippen molar-refractivity contribution in [3.8, 4) is 16.9 Å². The second-order valence-electron chi connectivity index (χ2n) is 11.1. The van der Waals surface area contributed by atoms with Crippen molar-refractivity contribution >= 4 is 11.9 Å². The summed E-state index contributed by atoms with van der Waals surface area (Å²) >= 11 is 0. The zero-order valence-electron chi connectivity index (χ0n) is 26.9. The quantitative estimate of drug-likeness (QED) is 0.0859. The normalized spacial score (nSPS) is 18.3. The number of hydrogen-bond acceptors (Lipinski definition) is 7. The van der Waals surface area contributed by atoms with E-state index < -0.39 is 29.6 Å². The van der Waals surface area contributed by atoms with Crippen LogP contribution in [0.5, 0.6) is 5.75 Å². The Balaban J connectivity index is 1.64. The summed E-state index contributed by atoms with van der Waals surface area (Å²) in [6.45, 7) is 5.27. The molecule has 1 aliphatic carbocycles. The van der Waals surface area contributed by atoms with Gasteiger partial charge in [0.15, 0.2) is 6.29 Å². The van der Waals surface area contributed by atoms with Crippen molar-refractivity contribution in [2.45, 2.75) is 83.3 Å². The molecule has 0 saturated heterocycles. The summed E-state index contributed by atoms with van der Waals surface area (Å²) in [6.07, 6.45) is 5.65. The molecule has 0 heterocycles. The maximum atomic E-state index is 14.6. The maximum Gasteiger partial charge on any atom is 0.433 e. The molecule has 3 unspecified atom stereocenters. The summed E-state index contributed by atoms with van der Waals surface area (Å²) in [5.74, 6) is -3.57. The van der Waals surface area contributed by atoms with E-state index in [1.807, 2.05) is 19.1 Å². The molecule has 0 aliphatic heterocycles. The molecule has 2 aromatic carbocycles. The van der Waals surface area contributed by atoms with Gasteiger partial charge in [-0.1, -0.05) is 68.7 Å². The molecule has 7 nitrogen and oxygen atoms in total. The van der Waals surface area contributed by atoms with Gasteiger partial charge in [0.05, 0.1) is 12.2 Å². The molecule has 10 heteroatoms. The number of halogens is 3. The lowest BCUT2D eigenvalue weighted by atomic mass is 9.82. The zero-order valence-corrected chi connectivity index (χ0v) is 26.9. The molecular weight excluding hydrogens is 601 g/mol. The smallest absolute Gasteiger partial charge is 0.433 e. The molecule has 3 rings (SSSR count). The minimum absolute atomic E-state index is 0.0378. The van der Waals surface area contributed by atoms with Gasteiger partial charge >= 0.3 is 18.1 Å². The third kappa shape index (κ3) is 10.5. The second-order valence-corrected chi connectivity index (χ2v) is 11.1. The van der Waals surface area contributed by atoms with Crippen LogP contribution in [0.2, 0.25) is 0 Å². The molecule has 0 aromatic heterocycles. The van der Waals surface area contributed by atoms with Crippen LogP contribution in [0.25, 0.3) is 11.1 Å². The highest BCUT2D eigenvalue weighted by atomic mass is 19.4. The van der Waals surface area contributed by atoms with E-state index in [1.165, 1.54) is 18.2 Å². The number of alkyl halides is 3. The number of methoxy groups -OCH3 is 1. The van der Waals surface area contributed by atoms with Crippen molar-refractivity contribution in [2.24, 2.45) is 5.92 Å². The standard InChI is InChI=1S/C36H45F3O7/c1-4-6-9-15-32(42-3)45-30-22-20-28(21-23-30)27-16-18-29(19-17-27)33(40)46-35(36(37,38)39)24-11-10-14-31(35)34(41)44-26-13-8-7-12-25-43-5-2/h10-11,14,16-24,31-32H,4-9,12-13,15,25-26H2,1-3H3. The first-order valence-electron chi connectivity index (χ1n) is 16.0. The highest BCUT2D eigenvalue weighted by molar-refractivity contribution is 5.91. The predicted octanol–water partition coefficient (Wildman–Crippen LogP) is 8.63. The third-order valence-electron chi connectivity index (χ3n) is 7.69. The molecule has 2 aromatic rings. The zero-order chi connectivity index (χ0) is 33.4. The number of carbonyl (C=O) groups excluding carboxylic acids is 2. The molecule has 0 saturated carbocycles. The van der Waals surface area contributed by atoms with Crippen LogP contribution in [0.1, 0.15) is 75.6 Å². The lowest BCUT2D eigenvalue weighted by Gasteiger charge is -2.37. The van der Waals surface area contributed by atoms with Crippen molar-refractivity contribution < 1.29 is 46.4 Å². The number of benzene rings is 2. The monoisotopic (exact) mass is 646 g/mol. The van der Waals surface area contributed by atoms with Crippen molar-refractivity contribution in [1.29, 1.82) is 0 Å². The van der Waals surface area contributed by atoms with Crippen LogP contribution >= 0.6 is 0 Å². The van der Waals surface area contributed by atoms with Crippen molar-refractivity contribution in [1.82, 2.24) is 0 Å². The van der Waals surface area contributed by atoms with Crippen LogP contribution in [0.3, 0.4) is 0 Å². The Kier molecular flexibility index (Phi) is 14.8. The van der Waals surface area contributed by atoms with Gasteiger partial charge in [0.2, 0.25) is 5.60 Å². The van der Waals surface area contributed by atoms with Crippen LogP contribution in [0, 0.1) is 5.92 Å². The van der Waals surface area contributed by atoms with Gasteiger partial charge < -0.3 is 23.7 Å². The first-order valence-corrected chi connectivity index (χ1v) is 16.0.